The molecule has 0 unspecified atom stereocenters. The quantitative estimate of drug-likeness (QED) is 0.514. The van der Waals surface area contributed by atoms with Crippen LogP contribution in [0.2, 0.25) is 0 Å². The van der Waals surface area contributed by atoms with Crippen molar-refractivity contribution >= 4 is 22.4 Å². The molecular weight excluding hydrogens is 386 g/mol. The Morgan fingerprint density at radius 3 is 2.77 bits per heavy atom. The van der Waals surface area contributed by atoms with Crippen LogP contribution in [0.25, 0.3) is 16.5 Å². The van der Waals surface area contributed by atoms with Crippen molar-refractivity contribution in [3.63, 3.8) is 0 Å². The lowest BCUT2D eigenvalue weighted by Gasteiger charge is -2.28. The molecule has 0 bridgehead atoms. The van der Waals surface area contributed by atoms with Crippen LogP contribution >= 0.6 is 0 Å². The Labute approximate surface area is 183 Å². The van der Waals surface area contributed by atoms with Crippen LogP contribution in [0.15, 0.2) is 46.9 Å². The Balaban J connectivity index is 1.48. The van der Waals surface area contributed by atoms with Gasteiger partial charge in [-0.2, -0.15) is 0 Å². The number of allylic oxidation sites excluding steroid dienone is 1. The van der Waals surface area contributed by atoms with Crippen molar-refractivity contribution in [1.82, 2.24) is 4.90 Å². The number of amides is 1. The predicted molar refractivity (Wildman–Crippen MR) is 123 cm³/mol. The van der Waals surface area contributed by atoms with Crippen molar-refractivity contribution in [3.8, 4) is 5.75 Å². The smallest absolute Gasteiger partial charge is 0.247 e. The number of aryl methyl sites for hydroxylation is 2. The zero-order chi connectivity index (χ0) is 21.4. The number of furan rings is 1. The van der Waals surface area contributed by atoms with Gasteiger partial charge in [0.2, 0.25) is 5.91 Å². The van der Waals surface area contributed by atoms with E-state index in [4.69, 9.17) is 9.15 Å². The van der Waals surface area contributed by atoms with Crippen LogP contribution in [0.3, 0.4) is 0 Å². The van der Waals surface area contributed by atoms with Crippen molar-refractivity contribution in [2.45, 2.75) is 52.5 Å². The van der Waals surface area contributed by atoms with Crippen LogP contribution in [0.5, 0.6) is 5.75 Å². The maximum Gasteiger partial charge on any atom is 0.247 e. The highest BCUT2D eigenvalue weighted by molar-refractivity contribution is 5.97. The number of carbonyl (C=O) groups is 1. The Kier molecular flexibility index (Phi) is 5.31. The number of nitrogens with zero attached hydrogens (tertiary/aromatic N) is 1. The molecule has 1 aliphatic heterocycles. The first-order chi connectivity index (χ1) is 15.1. The molecule has 0 spiro atoms. The van der Waals surface area contributed by atoms with E-state index >= 15 is 0 Å². The Hall–Kier alpha value is -3.01. The standard InChI is InChI=1S/C27H29NO3/c1-3-30-25-16-26-23(21-10-6-7-11-24(21)31-26)15-22(25)18(2)14-27(29)28-13-12-19-8-4-5-9-20(19)17-28/h4-5,8-9,14-16H,3,6-7,10-13,17H2,1-2H3/b18-14+. The maximum atomic E-state index is 13.1. The summed E-state index contributed by atoms with van der Waals surface area (Å²) in [5.74, 6) is 1.96. The van der Waals surface area contributed by atoms with E-state index in [1.54, 1.807) is 6.08 Å². The molecule has 4 heteroatoms. The molecule has 3 aromatic rings. The van der Waals surface area contributed by atoms with Gasteiger partial charge in [-0.25, -0.2) is 0 Å². The fraction of sp³-hybridized carbons (Fsp3) is 0.370. The van der Waals surface area contributed by atoms with Gasteiger partial charge in [-0.1, -0.05) is 24.3 Å². The van der Waals surface area contributed by atoms with Crippen LogP contribution in [-0.4, -0.2) is 24.0 Å². The molecule has 4 nitrogen and oxygen atoms in total. The number of carbonyl (C=O) groups excluding carboxylic acids is 1. The third-order valence-electron chi connectivity index (χ3n) is 6.56. The van der Waals surface area contributed by atoms with Crippen molar-refractivity contribution < 1.29 is 13.9 Å². The second kappa shape index (κ2) is 8.26. The number of rotatable bonds is 4. The van der Waals surface area contributed by atoms with Crippen LogP contribution in [0.1, 0.15) is 54.7 Å². The second-order valence-electron chi connectivity index (χ2n) is 8.59. The fourth-order valence-corrected chi connectivity index (χ4v) is 4.91. The monoisotopic (exact) mass is 415 g/mol. The molecule has 31 heavy (non-hydrogen) atoms. The Morgan fingerprint density at radius 2 is 1.94 bits per heavy atom. The van der Waals surface area contributed by atoms with Crippen molar-refractivity contribution in [3.05, 3.63) is 70.5 Å². The molecule has 1 amide bonds. The highest BCUT2D eigenvalue weighted by atomic mass is 16.5. The van der Waals surface area contributed by atoms with E-state index < -0.39 is 0 Å². The molecule has 0 atom stereocenters. The Bertz CT molecular complexity index is 1170. The van der Waals surface area contributed by atoms with E-state index in [2.05, 4.69) is 24.3 Å². The molecular formula is C27H29NO3. The molecule has 2 aliphatic rings. The summed E-state index contributed by atoms with van der Waals surface area (Å²) < 4.78 is 12.1. The van der Waals surface area contributed by atoms with Gasteiger partial charge >= 0.3 is 0 Å². The van der Waals surface area contributed by atoms with Crippen LogP contribution in [-0.2, 0) is 30.6 Å². The highest BCUT2D eigenvalue weighted by Gasteiger charge is 2.22. The van der Waals surface area contributed by atoms with E-state index in [1.807, 2.05) is 30.9 Å². The zero-order valence-electron chi connectivity index (χ0n) is 18.4. The lowest BCUT2D eigenvalue weighted by atomic mass is 9.94. The Morgan fingerprint density at radius 1 is 1.13 bits per heavy atom. The van der Waals surface area contributed by atoms with E-state index in [0.717, 1.165) is 54.0 Å². The van der Waals surface area contributed by atoms with E-state index in [-0.39, 0.29) is 5.91 Å². The van der Waals surface area contributed by atoms with Crippen LogP contribution in [0, 0.1) is 0 Å². The maximum absolute atomic E-state index is 13.1. The van der Waals surface area contributed by atoms with Gasteiger partial charge in [-0.15, -0.1) is 0 Å². The van der Waals surface area contributed by atoms with Gasteiger partial charge in [-0.05, 0) is 62.3 Å². The molecule has 2 aromatic carbocycles. The summed E-state index contributed by atoms with van der Waals surface area (Å²) in [5.41, 5.74) is 6.73. The summed E-state index contributed by atoms with van der Waals surface area (Å²) in [6.07, 6.45) is 7.13. The summed E-state index contributed by atoms with van der Waals surface area (Å²) in [6.45, 7) is 5.99. The van der Waals surface area contributed by atoms with Crippen LogP contribution in [0.4, 0.5) is 0 Å². The van der Waals surface area contributed by atoms with Gasteiger partial charge in [0.1, 0.15) is 17.1 Å². The summed E-state index contributed by atoms with van der Waals surface area (Å²) in [7, 11) is 0. The minimum Gasteiger partial charge on any atom is -0.493 e. The molecule has 1 aromatic heterocycles. The summed E-state index contributed by atoms with van der Waals surface area (Å²) >= 11 is 0. The highest BCUT2D eigenvalue weighted by Crippen LogP contribution is 2.38. The third-order valence-corrected chi connectivity index (χ3v) is 6.56. The van der Waals surface area contributed by atoms with E-state index in [1.165, 1.54) is 34.9 Å². The molecule has 0 saturated carbocycles. The molecule has 0 saturated heterocycles. The minimum absolute atomic E-state index is 0.0590. The molecule has 0 radical (unpaired) electrons. The molecule has 2 heterocycles. The lowest BCUT2D eigenvalue weighted by Crippen LogP contribution is -2.34. The fourth-order valence-electron chi connectivity index (χ4n) is 4.91. The third kappa shape index (κ3) is 3.76. The number of hydrogen-bond donors (Lipinski definition) is 0. The van der Waals surface area contributed by atoms with E-state index in [9.17, 15) is 4.79 Å². The molecule has 160 valence electrons. The van der Waals surface area contributed by atoms with Gasteiger partial charge in [0.25, 0.3) is 0 Å². The average molecular weight is 416 g/mol. The minimum atomic E-state index is 0.0590. The molecule has 5 rings (SSSR count). The molecule has 0 fully saturated rings. The van der Waals surface area contributed by atoms with Crippen molar-refractivity contribution in [1.29, 1.82) is 0 Å². The first-order valence-electron chi connectivity index (χ1n) is 11.4. The lowest BCUT2D eigenvalue weighted by molar-refractivity contribution is -0.126. The van der Waals surface area contributed by atoms with Gasteiger partial charge in [0.05, 0.1) is 6.61 Å². The van der Waals surface area contributed by atoms with E-state index in [0.29, 0.717) is 13.2 Å². The topological polar surface area (TPSA) is 42.7 Å². The summed E-state index contributed by atoms with van der Waals surface area (Å²) in [5, 5.41) is 1.17. The van der Waals surface area contributed by atoms with Gasteiger partial charge in [0, 0.05) is 48.2 Å². The first-order valence-corrected chi connectivity index (χ1v) is 11.4. The number of ether oxygens (including phenoxy) is 1. The molecule has 0 N–H and O–H groups in total. The normalized spacial score (nSPS) is 16.2. The second-order valence-corrected chi connectivity index (χ2v) is 8.59. The van der Waals surface area contributed by atoms with Gasteiger partial charge in [0.15, 0.2) is 0 Å². The van der Waals surface area contributed by atoms with Crippen molar-refractivity contribution in [2.75, 3.05) is 13.2 Å². The SMILES string of the molecule is CCOc1cc2oc3c(c2cc1/C(C)=C/C(=O)N1CCc2ccccc2C1)CCCC3. The van der Waals surface area contributed by atoms with Crippen LogP contribution < -0.4 is 4.74 Å². The summed E-state index contributed by atoms with van der Waals surface area (Å²) in [4.78, 5) is 15.0. The van der Waals surface area contributed by atoms with Gasteiger partial charge in [-0.3, -0.25) is 4.79 Å². The number of hydrogen-bond acceptors (Lipinski definition) is 3. The number of benzene rings is 2. The van der Waals surface area contributed by atoms with Crippen molar-refractivity contribution in [2.24, 2.45) is 0 Å². The molecule has 1 aliphatic carbocycles. The summed E-state index contributed by atoms with van der Waals surface area (Å²) in [6, 6.07) is 12.6. The average Bonchev–Trinajstić information content (AvgIpc) is 3.15. The zero-order valence-corrected chi connectivity index (χ0v) is 18.4. The predicted octanol–water partition coefficient (Wildman–Crippen LogP) is 5.70. The van der Waals surface area contributed by atoms with Gasteiger partial charge < -0.3 is 14.1 Å². The largest absolute Gasteiger partial charge is 0.493 e. The first kappa shape index (κ1) is 19.9. The number of fused-ring (bicyclic) bond motifs is 4.